The zero-order chi connectivity index (χ0) is 16.0. The summed E-state index contributed by atoms with van der Waals surface area (Å²) in [6, 6.07) is 10.1. The summed E-state index contributed by atoms with van der Waals surface area (Å²) in [4.78, 5) is 18.1. The van der Waals surface area contributed by atoms with Crippen molar-refractivity contribution >= 4 is 5.82 Å². The van der Waals surface area contributed by atoms with Crippen LogP contribution in [0.25, 0.3) is 5.69 Å². The fourth-order valence-corrected chi connectivity index (χ4v) is 3.57. The average molecular weight is 311 g/mol. The molecule has 2 aromatic rings. The minimum atomic E-state index is -0.356. The number of rotatable bonds is 4. The number of hydrogen-bond donors (Lipinski definition) is 2. The molecule has 1 saturated carbocycles. The molecular formula is C17H21N5O. The van der Waals surface area contributed by atoms with E-state index in [0.29, 0.717) is 6.04 Å². The maximum absolute atomic E-state index is 11.8. The Bertz CT molecular complexity index is 757. The van der Waals surface area contributed by atoms with E-state index < -0.39 is 0 Å². The molecule has 4 N–H and O–H groups in total. The number of nitrogen functional groups attached to an aromatic ring is 1. The van der Waals surface area contributed by atoms with E-state index in [-0.39, 0.29) is 11.5 Å². The fraction of sp³-hybridized carbons (Fsp3) is 0.412. The molecule has 1 aromatic heterocycles. The van der Waals surface area contributed by atoms with Crippen molar-refractivity contribution in [2.45, 2.75) is 12.5 Å². The summed E-state index contributed by atoms with van der Waals surface area (Å²) in [7, 11) is 0. The lowest BCUT2D eigenvalue weighted by molar-refractivity contribution is 0.302. The van der Waals surface area contributed by atoms with E-state index in [1.807, 2.05) is 12.1 Å². The normalized spacial score (nSPS) is 26.2. The number of anilines is 1. The van der Waals surface area contributed by atoms with Crippen LogP contribution in [-0.2, 0) is 6.42 Å². The zero-order valence-corrected chi connectivity index (χ0v) is 12.9. The van der Waals surface area contributed by atoms with Crippen LogP contribution in [-0.4, -0.2) is 40.1 Å². The van der Waals surface area contributed by atoms with E-state index in [1.54, 1.807) is 12.3 Å². The first-order valence-corrected chi connectivity index (χ1v) is 8.04. The van der Waals surface area contributed by atoms with Crippen molar-refractivity contribution in [3.63, 3.8) is 0 Å². The van der Waals surface area contributed by atoms with Crippen LogP contribution in [0.15, 0.2) is 41.3 Å². The Morgan fingerprint density at radius 2 is 1.83 bits per heavy atom. The quantitative estimate of drug-likeness (QED) is 0.844. The molecule has 2 heterocycles. The zero-order valence-electron chi connectivity index (χ0n) is 12.9. The van der Waals surface area contributed by atoms with E-state index in [1.165, 1.54) is 10.1 Å². The van der Waals surface area contributed by atoms with Gasteiger partial charge in [0.15, 0.2) is 0 Å². The minimum Gasteiger partial charge on any atom is -0.383 e. The number of aromatic nitrogens is 2. The third-order valence-electron chi connectivity index (χ3n) is 5.09. The van der Waals surface area contributed by atoms with Crippen LogP contribution in [0.5, 0.6) is 0 Å². The Morgan fingerprint density at radius 3 is 2.48 bits per heavy atom. The van der Waals surface area contributed by atoms with Crippen molar-refractivity contribution in [3.05, 3.63) is 52.6 Å². The van der Waals surface area contributed by atoms with Crippen LogP contribution >= 0.6 is 0 Å². The highest BCUT2D eigenvalue weighted by Crippen LogP contribution is 2.43. The molecular weight excluding hydrogens is 290 g/mol. The van der Waals surface area contributed by atoms with Gasteiger partial charge >= 0.3 is 5.69 Å². The van der Waals surface area contributed by atoms with Crippen molar-refractivity contribution in [2.24, 2.45) is 17.6 Å². The summed E-state index contributed by atoms with van der Waals surface area (Å²) in [5.41, 5.74) is 13.2. The molecule has 6 heteroatoms. The maximum atomic E-state index is 11.8. The maximum Gasteiger partial charge on any atom is 0.354 e. The highest BCUT2D eigenvalue weighted by molar-refractivity contribution is 5.36. The number of likely N-dealkylation sites (tertiary alicyclic amines) is 1. The summed E-state index contributed by atoms with van der Waals surface area (Å²) in [5.74, 6) is 1.72. The molecule has 6 nitrogen and oxygen atoms in total. The molecule has 0 amide bonds. The van der Waals surface area contributed by atoms with E-state index in [4.69, 9.17) is 11.5 Å². The van der Waals surface area contributed by atoms with E-state index in [9.17, 15) is 4.79 Å². The summed E-state index contributed by atoms with van der Waals surface area (Å²) < 4.78 is 1.50. The molecule has 0 spiro atoms. The lowest BCUT2D eigenvalue weighted by Crippen LogP contribution is -2.30. The molecule has 23 heavy (non-hydrogen) atoms. The third kappa shape index (κ3) is 2.75. The van der Waals surface area contributed by atoms with E-state index >= 15 is 0 Å². The van der Waals surface area contributed by atoms with Gasteiger partial charge in [-0.1, -0.05) is 12.1 Å². The Kier molecular flexibility index (Phi) is 3.43. The topological polar surface area (TPSA) is 90.2 Å². The second-order valence-corrected chi connectivity index (χ2v) is 6.59. The van der Waals surface area contributed by atoms with Gasteiger partial charge in [0.05, 0.1) is 5.69 Å². The Labute approximate surface area is 134 Å². The van der Waals surface area contributed by atoms with Crippen LogP contribution in [0.1, 0.15) is 5.56 Å². The average Bonchev–Trinajstić information content (AvgIpc) is 2.97. The number of benzene rings is 1. The number of nitrogens with two attached hydrogens (primary N) is 2. The van der Waals surface area contributed by atoms with Gasteiger partial charge in [-0.3, -0.25) is 4.57 Å². The van der Waals surface area contributed by atoms with Crippen molar-refractivity contribution in [2.75, 3.05) is 25.4 Å². The fourth-order valence-electron chi connectivity index (χ4n) is 3.57. The summed E-state index contributed by atoms with van der Waals surface area (Å²) in [6.45, 7) is 3.37. The van der Waals surface area contributed by atoms with Crippen molar-refractivity contribution in [3.8, 4) is 5.69 Å². The van der Waals surface area contributed by atoms with Crippen LogP contribution in [0.2, 0.25) is 0 Å². The van der Waals surface area contributed by atoms with Gasteiger partial charge in [-0.25, -0.2) is 4.79 Å². The Morgan fingerprint density at radius 1 is 1.13 bits per heavy atom. The van der Waals surface area contributed by atoms with E-state index in [0.717, 1.165) is 43.6 Å². The molecule has 3 atom stereocenters. The van der Waals surface area contributed by atoms with Gasteiger partial charge in [-0.15, -0.1) is 0 Å². The first kappa shape index (κ1) is 14.4. The van der Waals surface area contributed by atoms with Crippen molar-refractivity contribution in [1.82, 2.24) is 14.5 Å². The van der Waals surface area contributed by atoms with Gasteiger partial charge in [0, 0.05) is 31.9 Å². The SMILES string of the molecule is Nc1ccn(-c2ccc(CCN3C[C@@H]4C(N)[C@@H]4C3)cc2)c(=O)n1. The predicted molar refractivity (Wildman–Crippen MR) is 89.3 cm³/mol. The molecule has 2 fully saturated rings. The van der Waals surface area contributed by atoms with Crippen LogP contribution in [0.4, 0.5) is 5.82 Å². The second kappa shape index (κ2) is 5.47. The smallest absolute Gasteiger partial charge is 0.354 e. The third-order valence-corrected chi connectivity index (χ3v) is 5.09. The molecule has 0 bridgehead atoms. The number of nitrogens with zero attached hydrogens (tertiary/aromatic N) is 3. The first-order valence-electron chi connectivity index (χ1n) is 8.04. The van der Waals surface area contributed by atoms with Gasteiger partial charge < -0.3 is 16.4 Å². The number of piperidine rings is 1. The predicted octanol–water partition coefficient (Wildman–Crippen LogP) is 0.246. The molecule has 1 aromatic carbocycles. The standard InChI is InChI=1S/C17H21N5O/c18-15-6-8-22(17(23)20-15)12-3-1-11(2-4-12)5-7-21-9-13-14(10-21)16(13)19/h1-4,6,8,13-14,16H,5,7,9-10,19H2,(H2,18,20,23)/t13-,14+,16?. The largest absolute Gasteiger partial charge is 0.383 e. The Hall–Kier alpha value is -2.18. The number of hydrogen-bond acceptors (Lipinski definition) is 5. The van der Waals surface area contributed by atoms with Crippen LogP contribution < -0.4 is 17.2 Å². The van der Waals surface area contributed by atoms with Crippen molar-refractivity contribution in [1.29, 1.82) is 0 Å². The van der Waals surface area contributed by atoms with Gasteiger partial charge in [-0.05, 0) is 42.0 Å². The lowest BCUT2D eigenvalue weighted by Gasteiger charge is -2.18. The molecule has 1 aliphatic carbocycles. The van der Waals surface area contributed by atoms with Crippen molar-refractivity contribution < 1.29 is 0 Å². The second-order valence-electron chi connectivity index (χ2n) is 6.59. The molecule has 120 valence electrons. The molecule has 2 aliphatic rings. The summed E-state index contributed by atoms with van der Waals surface area (Å²) in [5, 5.41) is 0. The van der Waals surface area contributed by atoms with Gasteiger partial charge in [-0.2, -0.15) is 4.98 Å². The molecule has 1 unspecified atom stereocenters. The number of fused-ring (bicyclic) bond motifs is 1. The molecule has 4 rings (SSSR count). The van der Waals surface area contributed by atoms with Gasteiger partial charge in [0.25, 0.3) is 0 Å². The van der Waals surface area contributed by atoms with Crippen LogP contribution in [0.3, 0.4) is 0 Å². The van der Waals surface area contributed by atoms with Gasteiger partial charge in [0.2, 0.25) is 0 Å². The molecule has 1 aliphatic heterocycles. The first-order chi connectivity index (χ1) is 11.1. The lowest BCUT2D eigenvalue weighted by atomic mass is 10.1. The summed E-state index contributed by atoms with van der Waals surface area (Å²) >= 11 is 0. The molecule has 0 radical (unpaired) electrons. The van der Waals surface area contributed by atoms with Crippen LogP contribution in [0, 0.1) is 11.8 Å². The highest BCUT2D eigenvalue weighted by Gasteiger charge is 2.53. The van der Waals surface area contributed by atoms with E-state index in [2.05, 4.69) is 22.0 Å². The minimum absolute atomic E-state index is 0.242. The molecule has 1 saturated heterocycles. The monoisotopic (exact) mass is 311 g/mol. The Balaban J connectivity index is 1.39. The highest BCUT2D eigenvalue weighted by atomic mass is 16.1. The summed E-state index contributed by atoms with van der Waals surface area (Å²) in [6.07, 6.45) is 2.67. The van der Waals surface area contributed by atoms with Gasteiger partial charge in [0.1, 0.15) is 5.82 Å².